The molecule has 0 aromatic heterocycles. The molecule has 2 aliphatic heterocycles. The van der Waals surface area contributed by atoms with Gasteiger partial charge in [0, 0.05) is 23.3 Å². The summed E-state index contributed by atoms with van der Waals surface area (Å²) >= 11 is 0. The van der Waals surface area contributed by atoms with E-state index in [0.29, 0.717) is 5.69 Å². The van der Waals surface area contributed by atoms with Crippen LogP contribution in [0.25, 0.3) is 0 Å². The van der Waals surface area contributed by atoms with Crippen molar-refractivity contribution in [2.75, 3.05) is 43.0 Å². The molecule has 4 nitrogen and oxygen atoms in total. The average Bonchev–Trinajstić information content (AvgIpc) is 2.86. The molecule has 2 heterocycles. The van der Waals surface area contributed by atoms with Crippen molar-refractivity contribution >= 4 is 22.7 Å². The number of para-hydroxylation sites is 1. The number of nitrogens with zero attached hydrogens (tertiary/aromatic N) is 2. The fourth-order valence-electron chi connectivity index (χ4n) is 4.14. The Morgan fingerprint density at radius 1 is 0.957 bits per heavy atom. The Morgan fingerprint density at radius 2 is 1.70 bits per heavy atom. The van der Waals surface area contributed by atoms with Crippen molar-refractivity contribution in [1.82, 2.24) is 4.90 Å². The molecular formula is C19H24N4. The Kier molecular flexibility index (Phi) is 3.23. The maximum Gasteiger partial charge on any atom is 0.0646 e. The van der Waals surface area contributed by atoms with E-state index in [1.54, 1.807) is 0 Å². The first-order valence-corrected chi connectivity index (χ1v) is 8.30. The molecule has 2 aliphatic rings. The number of fused-ring (bicyclic) bond motifs is 2. The molecule has 2 aromatic rings. The van der Waals surface area contributed by atoms with Crippen molar-refractivity contribution in [3.8, 4) is 0 Å². The molecule has 0 unspecified atom stereocenters. The van der Waals surface area contributed by atoms with Crippen LogP contribution in [0.1, 0.15) is 18.4 Å². The predicted molar refractivity (Wildman–Crippen MR) is 97.1 cm³/mol. The summed E-state index contributed by atoms with van der Waals surface area (Å²) in [5, 5.41) is 0. The van der Waals surface area contributed by atoms with Crippen LogP contribution in [0.5, 0.6) is 0 Å². The van der Waals surface area contributed by atoms with Crippen LogP contribution in [-0.4, -0.2) is 31.6 Å². The van der Waals surface area contributed by atoms with E-state index in [1.807, 2.05) is 12.1 Å². The van der Waals surface area contributed by atoms with Crippen molar-refractivity contribution in [3.63, 3.8) is 0 Å². The first-order chi connectivity index (χ1) is 11.1. The van der Waals surface area contributed by atoms with Crippen molar-refractivity contribution in [2.24, 2.45) is 0 Å². The highest BCUT2D eigenvalue weighted by molar-refractivity contribution is 5.81. The molecule has 2 aromatic carbocycles. The smallest absolute Gasteiger partial charge is 0.0646 e. The molecule has 4 heteroatoms. The van der Waals surface area contributed by atoms with Gasteiger partial charge < -0.3 is 21.3 Å². The quantitative estimate of drug-likeness (QED) is 0.795. The zero-order chi connectivity index (χ0) is 16.0. The third-order valence-electron chi connectivity index (χ3n) is 5.51. The largest absolute Gasteiger partial charge is 0.399 e. The summed E-state index contributed by atoms with van der Waals surface area (Å²) in [4.78, 5) is 4.81. The lowest BCUT2D eigenvalue weighted by Crippen LogP contribution is -2.43. The van der Waals surface area contributed by atoms with E-state index in [9.17, 15) is 0 Å². The SMILES string of the molecule is CN1CCC2(CC1)CN(c1ccc(N)cc1N)c1ccccc12. The Bertz CT molecular complexity index is 732. The highest BCUT2D eigenvalue weighted by Gasteiger charge is 2.44. The van der Waals surface area contributed by atoms with Gasteiger partial charge in [0.15, 0.2) is 0 Å². The molecule has 0 bridgehead atoms. The van der Waals surface area contributed by atoms with E-state index in [4.69, 9.17) is 11.5 Å². The number of benzene rings is 2. The summed E-state index contributed by atoms with van der Waals surface area (Å²) in [6.07, 6.45) is 2.40. The number of nitrogens with two attached hydrogens (primary N) is 2. The van der Waals surface area contributed by atoms with Crippen molar-refractivity contribution in [1.29, 1.82) is 0 Å². The minimum atomic E-state index is 0.247. The lowest BCUT2D eigenvalue weighted by atomic mass is 9.74. The van der Waals surface area contributed by atoms with Crippen molar-refractivity contribution in [3.05, 3.63) is 48.0 Å². The third-order valence-corrected chi connectivity index (χ3v) is 5.51. The fraction of sp³-hybridized carbons (Fsp3) is 0.368. The Balaban J connectivity index is 1.79. The summed E-state index contributed by atoms with van der Waals surface area (Å²) in [7, 11) is 2.21. The monoisotopic (exact) mass is 308 g/mol. The number of nitrogen functional groups attached to an aromatic ring is 2. The lowest BCUT2D eigenvalue weighted by molar-refractivity contribution is 0.198. The van der Waals surface area contributed by atoms with Gasteiger partial charge in [-0.3, -0.25) is 0 Å². The molecular weight excluding hydrogens is 284 g/mol. The second-order valence-electron chi connectivity index (χ2n) is 7.01. The van der Waals surface area contributed by atoms with Crippen molar-refractivity contribution in [2.45, 2.75) is 18.3 Å². The lowest BCUT2D eigenvalue weighted by Gasteiger charge is -2.38. The van der Waals surface area contributed by atoms with Gasteiger partial charge in [-0.1, -0.05) is 18.2 Å². The zero-order valence-electron chi connectivity index (χ0n) is 13.6. The van der Waals surface area contributed by atoms with Gasteiger partial charge in [0.2, 0.25) is 0 Å². The van der Waals surface area contributed by atoms with Gasteiger partial charge in [-0.05, 0) is 62.8 Å². The number of anilines is 4. The maximum atomic E-state index is 6.27. The van der Waals surface area contributed by atoms with Gasteiger partial charge in [0.05, 0.1) is 11.4 Å². The minimum Gasteiger partial charge on any atom is -0.399 e. The average molecular weight is 308 g/mol. The van der Waals surface area contributed by atoms with Crippen LogP contribution >= 0.6 is 0 Å². The Labute approximate surface area is 137 Å². The molecule has 1 fully saturated rings. The van der Waals surface area contributed by atoms with Crippen LogP contribution in [0.2, 0.25) is 0 Å². The van der Waals surface area contributed by atoms with Gasteiger partial charge in [-0.15, -0.1) is 0 Å². The first kappa shape index (κ1) is 14.4. The first-order valence-electron chi connectivity index (χ1n) is 8.30. The molecule has 23 heavy (non-hydrogen) atoms. The van der Waals surface area contributed by atoms with Crippen molar-refractivity contribution < 1.29 is 0 Å². The number of likely N-dealkylation sites (tertiary alicyclic amines) is 1. The Hall–Kier alpha value is -2.20. The highest BCUT2D eigenvalue weighted by Crippen LogP contribution is 2.50. The second kappa shape index (κ2) is 5.17. The normalized spacial score (nSPS) is 20.0. The summed E-state index contributed by atoms with van der Waals surface area (Å²) in [6, 6.07) is 14.6. The molecule has 0 saturated carbocycles. The predicted octanol–water partition coefficient (Wildman–Crippen LogP) is 2.97. The molecule has 0 radical (unpaired) electrons. The topological polar surface area (TPSA) is 58.5 Å². The van der Waals surface area contributed by atoms with E-state index in [0.717, 1.165) is 31.0 Å². The Morgan fingerprint density at radius 3 is 2.43 bits per heavy atom. The van der Waals surface area contributed by atoms with E-state index in [-0.39, 0.29) is 5.41 Å². The van der Waals surface area contributed by atoms with E-state index < -0.39 is 0 Å². The molecule has 0 amide bonds. The third kappa shape index (κ3) is 2.25. The van der Waals surface area contributed by atoms with Crippen LogP contribution in [0.4, 0.5) is 22.7 Å². The molecule has 120 valence electrons. The number of rotatable bonds is 1. The summed E-state index contributed by atoms with van der Waals surface area (Å²) < 4.78 is 0. The van der Waals surface area contributed by atoms with Gasteiger partial charge in [-0.2, -0.15) is 0 Å². The van der Waals surface area contributed by atoms with Gasteiger partial charge >= 0.3 is 0 Å². The zero-order valence-corrected chi connectivity index (χ0v) is 13.6. The summed E-state index contributed by atoms with van der Waals surface area (Å²) in [6.45, 7) is 3.31. The van der Waals surface area contributed by atoms with Crippen LogP contribution in [0.15, 0.2) is 42.5 Å². The number of hydrogen-bond acceptors (Lipinski definition) is 4. The fourth-order valence-corrected chi connectivity index (χ4v) is 4.14. The molecule has 1 spiro atoms. The highest BCUT2D eigenvalue weighted by atomic mass is 15.2. The molecule has 4 rings (SSSR count). The second-order valence-corrected chi connectivity index (χ2v) is 7.01. The molecule has 0 aliphatic carbocycles. The van der Waals surface area contributed by atoms with Gasteiger partial charge in [-0.25, -0.2) is 0 Å². The summed E-state index contributed by atoms with van der Waals surface area (Å²) in [5.41, 5.74) is 17.7. The molecule has 1 saturated heterocycles. The van der Waals surface area contributed by atoms with Gasteiger partial charge in [0.25, 0.3) is 0 Å². The van der Waals surface area contributed by atoms with Crippen LogP contribution < -0.4 is 16.4 Å². The van der Waals surface area contributed by atoms with Crippen LogP contribution in [0.3, 0.4) is 0 Å². The number of hydrogen-bond donors (Lipinski definition) is 2. The molecule has 4 N–H and O–H groups in total. The standard InChI is InChI=1S/C19H24N4/c1-22-10-8-19(9-11-22)13-23(17-5-3-2-4-15(17)19)18-7-6-14(20)12-16(18)21/h2-7,12H,8-11,13,20-21H2,1H3. The van der Waals surface area contributed by atoms with Crippen LogP contribution in [0, 0.1) is 0 Å². The maximum absolute atomic E-state index is 6.27. The molecule has 0 atom stereocenters. The van der Waals surface area contributed by atoms with Crippen LogP contribution in [-0.2, 0) is 5.41 Å². The number of piperidine rings is 1. The van der Waals surface area contributed by atoms with Gasteiger partial charge in [0.1, 0.15) is 0 Å². The summed E-state index contributed by atoms with van der Waals surface area (Å²) in [5.74, 6) is 0. The van der Waals surface area contributed by atoms with E-state index in [1.165, 1.54) is 24.1 Å². The van der Waals surface area contributed by atoms with E-state index >= 15 is 0 Å². The minimum absolute atomic E-state index is 0.247. The van der Waals surface area contributed by atoms with E-state index in [2.05, 4.69) is 47.2 Å².